The fourth-order valence-corrected chi connectivity index (χ4v) is 4.89. The highest BCUT2D eigenvalue weighted by Crippen LogP contribution is 2.31. The molecule has 4 rings (SSSR count). The molecule has 0 N–H and O–H groups in total. The SMILES string of the molecule is COC(=O)c1ccc(CSc2nc3c(c(=O)n2-c2ccc([N+](=O)[O-])cc2)SCC3)o1. The van der Waals surface area contributed by atoms with Gasteiger partial charge in [0.15, 0.2) is 5.16 Å². The lowest BCUT2D eigenvalue weighted by Crippen LogP contribution is -2.23. The molecule has 0 fully saturated rings. The average molecular weight is 445 g/mol. The van der Waals surface area contributed by atoms with Crippen molar-refractivity contribution in [1.29, 1.82) is 0 Å². The lowest BCUT2D eigenvalue weighted by molar-refractivity contribution is -0.384. The number of ether oxygens (including phenoxy) is 1. The molecule has 0 aliphatic carbocycles. The van der Waals surface area contributed by atoms with Gasteiger partial charge in [-0.3, -0.25) is 19.5 Å². The van der Waals surface area contributed by atoms with E-state index in [-0.39, 0.29) is 17.0 Å². The Hall–Kier alpha value is -3.05. The van der Waals surface area contributed by atoms with E-state index in [9.17, 15) is 19.7 Å². The lowest BCUT2D eigenvalue weighted by Gasteiger charge is -2.13. The molecule has 3 heterocycles. The molecule has 0 amide bonds. The molecule has 2 aromatic heterocycles. The first kappa shape index (κ1) is 20.2. The Kier molecular flexibility index (Phi) is 5.64. The first-order valence-corrected chi connectivity index (χ1v) is 10.8. The zero-order valence-electron chi connectivity index (χ0n) is 15.7. The van der Waals surface area contributed by atoms with Crippen molar-refractivity contribution < 1.29 is 18.9 Å². The normalized spacial score (nSPS) is 12.6. The van der Waals surface area contributed by atoms with Crippen molar-refractivity contribution >= 4 is 35.2 Å². The second kappa shape index (κ2) is 8.36. The Balaban J connectivity index is 1.69. The summed E-state index contributed by atoms with van der Waals surface area (Å²) in [5.74, 6) is 1.18. The second-order valence-corrected chi connectivity index (χ2v) is 8.28. The summed E-state index contributed by atoms with van der Waals surface area (Å²) in [4.78, 5) is 40.4. The van der Waals surface area contributed by atoms with Crippen LogP contribution in [0.4, 0.5) is 5.69 Å². The predicted octanol–water partition coefficient (Wildman–Crippen LogP) is 3.46. The number of aryl methyl sites for hydroxylation is 1. The van der Waals surface area contributed by atoms with E-state index in [2.05, 4.69) is 9.72 Å². The van der Waals surface area contributed by atoms with E-state index in [1.165, 1.54) is 65.5 Å². The van der Waals surface area contributed by atoms with Crippen LogP contribution in [-0.2, 0) is 16.9 Å². The van der Waals surface area contributed by atoms with Crippen LogP contribution >= 0.6 is 23.5 Å². The zero-order valence-corrected chi connectivity index (χ0v) is 17.3. The quantitative estimate of drug-likeness (QED) is 0.185. The number of fused-ring (bicyclic) bond motifs is 1. The number of furan rings is 1. The number of nitro benzene ring substituents is 1. The summed E-state index contributed by atoms with van der Waals surface area (Å²) in [6.45, 7) is 0. The minimum atomic E-state index is -0.568. The summed E-state index contributed by atoms with van der Waals surface area (Å²) in [6.07, 6.45) is 0.705. The van der Waals surface area contributed by atoms with Crippen LogP contribution in [0.15, 0.2) is 55.7 Å². The van der Waals surface area contributed by atoms with Crippen LogP contribution in [0.5, 0.6) is 0 Å². The molecule has 9 nitrogen and oxygen atoms in total. The molecule has 0 bridgehead atoms. The topological polar surface area (TPSA) is 117 Å². The number of esters is 1. The monoisotopic (exact) mass is 445 g/mol. The van der Waals surface area contributed by atoms with Gasteiger partial charge >= 0.3 is 5.97 Å². The minimum absolute atomic E-state index is 0.0598. The molecule has 0 saturated carbocycles. The van der Waals surface area contributed by atoms with Crippen molar-refractivity contribution in [2.45, 2.75) is 22.2 Å². The minimum Gasteiger partial charge on any atom is -0.463 e. The maximum absolute atomic E-state index is 13.1. The number of carbonyl (C=O) groups excluding carboxylic acids is 1. The highest BCUT2D eigenvalue weighted by molar-refractivity contribution is 7.99. The van der Waals surface area contributed by atoms with E-state index in [1.807, 2.05) is 0 Å². The molecule has 154 valence electrons. The van der Waals surface area contributed by atoms with Gasteiger partial charge in [-0.15, -0.1) is 11.8 Å². The third kappa shape index (κ3) is 3.85. The lowest BCUT2D eigenvalue weighted by atomic mass is 10.2. The molecule has 30 heavy (non-hydrogen) atoms. The van der Waals surface area contributed by atoms with Gasteiger partial charge in [-0.2, -0.15) is 0 Å². The van der Waals surface area contributed by atoms with E-state index >= 15 is 0 Å². The summed E-state index contributed by atoms with van der Waals surface area (Å²) in [5.41, 5.74) is 0.981. The second-order valence-electron chi connectivity index (χ2n) is 6.23. The van der Waals surface area contributed by atoms with Crippen molar-refractivity contribution in [3.63, 3.8) is 0 Å². The number of rotatable bonds is 6. The zero-order chi connectivity index (χ0) is 21.3. The number of nitrogens with zero attached hydrogens (tertiary/aromatic N) is 3. The van der Waals surface area contributed by atoms with E-state index in [1.54, 1.807) is 6.07 Å². The summed E-state index contributed by atoms with van der Waals surface area (Å²) < 4.78 is 11.6. The third-order valence-corrected chi connectivity index (χ3v) is 6.45. The highest BCUT2D eigenvalue weighted by atomic mass is 32.2. The fraction of sp³-hybridized carbons (Fsp3) is 0.211. The van der Waals surface area contributed by atoms with E-state index in [0.29, 0.717) is 33.7 Å². The van der Waals surface area contributed by atoms with Gasteiger partial charge in [-0.1, -0.05) is 11.8 Å². The number of thioether (sulfide) groups is 2. The number of nitro groups is 1. The van der Waals surface area contributed by atoms with Crippen molar-refractivity contribution in [1.82, 2.24) is 9.55 Å². The fourth-order valence-electron chi connectivity index (χ4n) is 2.94. The van der Waals surface area contributed by atoms with E-state index < -0.39 is 10.9 Å². The van der Waals surface area contributed by atoms with Crippen LogP contribution in [0.3, 0.4) is 0 Å². The Morgan fingerprint density at radius 3 is 2.80 bits per heavy atom. The Morgan fingerprint density at radius 2 is 2.10 bits per heavy atom. The average Bonchev–Trinajstić information content (AvgIpc) is 3.41. The number of carbonyl (C=O) groups is 1. The first-order valence-electron chi connectivity index (χ1n) is 8.81. The first-order chi connectivity index (χ1) is 14.5. The van der Waals surface area contributed by atoms with Crippen molar-refractivity contribution in [2.24, 2.45) is 0 Å². The van der Waals surface area contributed by atoms with Crippen molar-refractivity contribution in [2.75, 3.05) is 12.9 Å². The molecule has 0 atom stereocenters. The number of hydrogen-bond acceptors (Lipinski definition) is 9. The summed E-state index contributed by atoms with van der Waals surface area (Å²) >= 11 is 2.74. The van der Waals surface area contributed by atoms with Crippen LogP contribution in [0, 0.1) is 10.1 Å². The van der Waals surface area contributed by atoms with Crippen molar-refractivity contribution in [3.05, 3.63) is 74.1 Å². The molecule has 1 aliphatic rings. The number of methoxy groups -OCH3 is 1. The molecule has 1 aromatic carbocycles. The molecule has 11 heteroatoms. The van der Waals surface area contributed by atoms with E-state index in [0.717, 1.165) is 11.4 Å². The number of non-ortho nitro benzene ring substituents is 1. The van der Waals surface area contributed by atoms with Crippen LogP contribution in [0.25, 0.3) is 5.69 Å². The Morgan fingerprint density at radius 1 is 1.33 bits per heavy atom. The van der Waals surface area contributed by atoms with Crippen molar-refractivity contribution in [3.8, 4) is 5.69 Å². The molecule has 3 aromatic rings. The molecular formula is C19H15N3O6S2. The molecular weight excluding hydrogens is 430 g/mol. The van der Waals surface area contributed by atoms with Crippen LogP contribution in [0.1, 0.15) is 22.0 Å². The summed E-state index contributed by atoms with van der Waals surface area (Å²) in [6, 6.07) is 8.95. The van der Waals surface area contributed by atoms with Gasteiger partial charge in [0.2, 0.25) is 5.76 Å². The predicted molar refractivity (Wildman–Crippen MR) is 111 cm³/mol. The van der Waals surface area contributed by atoms with Crippen LogP contribution in [-0.4, -0.2) is 33.3 Å². The van der Waals surface area contributed by atoms with Gasteiger partial charge in [0, 0.05) is 24.3 Å². The molecule has 1 aliphatic heterocycles. The maximum atomic E-state index is 13.1. The molecule has 0 unspecified atom stereocenters. The molecule has 0 saturated heterocycles. The van der Waals surface area contributed by atoms with Gasteiger partial charge in [0.1, 0.15) is 5.76 Å². The van der Waals surface area contributed by atoms with E-state index in [4.69, 9.17) is 4.42 Å². The van der Waals surface area contributed by atoms with Gasteiger partial charge in [-0.25, -0.2) is 9.78 Å². The highest BCUT2D eigenvalue weighted by Gasteiger charge is 2.23. The maximum Gasteiger partial charge on any atom is 0.373 e. The van der Waals surface area contributed by atoms with Crippen LogP contribution in [0.2, 0.25) is 0 Å². The number of hydrogen-bond donors (Lipinski definition) is 0. The van der Waals surface area contributed by atoms with Gasteiger partial charge < -0.3 is 9.15 Å². The number of benzene rings is 1. The third-order valence-electron chi connectivity index (χ3n) is 4.38. The van der Waals surface area contributed by atoms with Gasteiger partial charge in [0.05, 0.1) is 34.1 Å². The van der Waals surface area contributed by atoms with Crippen LogP contribution < -0.4 is 5.56 Å². The standard InChI is InChI=1S/C19H15N3O6S2/c1-27-18(24)15-7-6-13(28-15)10-30-19-20-14-8-9-29-16(14)17(23)21(19)11-2-4-12(5-3-11)22(25)26/h2-7H,8-10H2,1H3. The Labute approximate surface area is 178 Å². The smallest absolute Gasteiger partial charge is 0.373 e. The Bertz CT molecular complexity index is 1190. The summed E-state index contributed by atoms with van der Waals surface area (Å²) in [7, 11) is 1.27. The molecule has 0 spiro atoms. The largest absolute Gasteiger partial charge is 0.463 e. The number of aromatic nitrogens is 2. The molecule has 0 radical (unpaired) electrons. The van der Waals surface area contributed by atoms with Gasteiger partial charge in [-0.05, 0) is 24.3 Å². The van der Waals surface area contributed by atoms with Gasteiger partial charge in [0.25, 0.3) is 11.2 Å². The summed E-state index contributed by atoms with van der Waals surface area (Å²) in [5, 5.41) is 11.4.